The second-order valence-electron chi connectivity index (χ2n) is 3.00. The van der Waals surface area contributed by atoms with E-state index in [1.807, 2.05) is 0 Å². The van der Waals surface area contributed by atoms with Crippen molar-refractivity contribution in [2.24, 2.45) is 0 Å². The summed E-state index contributed by atoms with van der Waals surface area (Å²) in [5.41, 5.74) is 0.542. The lowest BCUT2D eigenvalue weighted by Crippen LogP contribution is -2.08. The Balaban J connectivity index is 2.67. The molecule has 1 rings (SSSR count). The van der Waals surface area contributed by atoms with E-state index in [-0.39, 0.29) is 11.7 Å². The second-order valence-corrected chi connectivity index (χ2v) is 3.00. The highest BCUT2D eigenvalue weighted by atomic mass is 16.5. The minimum Gasteiger partial charge on any atom is -0.508 e. The van der Waals surface area contributed by atoms with Crippen molar-refractivity contribution in [1.82, 2.24) is 0 Å². The lowest BCUT2D eigenvalue weighted by molar-refractivity contribution is -0.112. The van der Waals surface area contributed by atoms with Gasteiger partial charge in [0.05, 0.1) is 12.9 Å². The van der Waals surface area contributed by atoms with Crippen LogP contribution in [-0.4, -0.2) is 18.1 Å². The predicted molar refractivity (Wildman–Crippen MR) is 57.5 cm³/mol. The first kappa shape index (κ1) is 11.1. The van der Waals surface area contributed by atoms with Crippen LogP contribution in [-0.2, 0) is 9.53 Å². The summed E-state index contributed by atoms with van der Waals surface area (Å²) in [5, 5.41) is 11.8. The fourth-order valence-electron chi connectivity index (χ4n) is 1.01. The maximum absolute atomic E-state index is 11.3. The Hall–Kier alpha value is -1.97. The Kier molecular flexibility index (Phi) is 3.74. The van der Waals surface area contributed by atoms with Crippen LogP contribution in [0.5, 0.6) is 5.75 Å². The van der Waals surface area contributed by atoms with Crippen LogP contribution in [0.1, 0.15) is 6.92 Å². The highest BCUT2D eigenvalue weighted by Crippen LogP contribution is 2.15. The molecule has 80 valence electrons. The second kappa shape index (κ2) is 5.05. The molecule has 0 saturated carbocycles. The van der Waals surface area contributed by atoms with Crippen molar-refractivity contribution in [3.8, 4) is 5.75 Å². The zero-order valence-corrected chi connectivity index (χ0v) is 8.65. The number of phenolic OH excluding ortho intramolecular Hbond substituents is 1. The third-order valence-corrected chi connectivity index (χ3v) is 1.77. The summed E-state index contributed by atoms with van der Waals surface area (Å²) in [7, 11) is 1.49. The van der Waals surface area contributed by atoms with Gasteiger partial charge in [-0.15, -0.1) is 0 Å². The number of carbonyl (C=O) groups is 1. The summed E-state index contributed by atoms with van der Waals surface area (Å²) >= 11 is 0. The lowest BCUT2D eigenvalue weighted by atomic mass is 10.3. The largest absolute Gasteiger partial charge is 0.508 e. The van der Waals surface area contributed by atoms with Gasteiger partial charge in [0.25, 0.3) is 5.91 Å². The van der Waals surface area contributed by atoms with E-state index in [0.717, 1.165) is 0 Å². The van der Waals surface area contributed by atoms with Crippen LogP contribution in [0, 0.1) is 0 Å². The topological polar surface area (TPSA) is 58.6 Å². The Morgan fingerprint density at radius 2 is 2.27 bits per heavy atom. The molecule has 0 spiro atoms. The summed E-state index contributed by atoms with van der Waals surface area (Å²) in [6, 6.07) is 6.34. The minimum absolute atomic E-state index is 0.111. The lowest BCUT2D eigenvalue weighted by Gasteiger charge is -2.03. The first-order valence-corrected chi connectivity index (χ1v) is 4.44. The van der Waals surface area contributed by atoms with Gasteiger partial charge in [-0.05, 0) is 19.1 Å². The molecule has 4 heteroatoms. The summed E-state index contributed by atoms with van der Waals surface area (Å²) in [5.74, 6) is 0.341. The Morgan fingerprint density at radius 1 is 1.53 bits per heavy atom. The molecule has 1 amide bonds. The van der Waals surface area contributed by atoms with E-state index in [9.17, 15) is 4.79 Å². The fourth-order valence-corrected chi connectivity index (χ4v) is 1.01. The molecule has 15 heavy (non-hydrogen) atoms. The molecule has 1 aromatic rings. The summed E-state index contributed by atoms with van der Waals surface area (Å²) < 4.78 is 4.83. The van der Waals surface area contributed by atoms with Gasteiger partial charge in [-0.1, -0.05) is 6.07 Å². The number of aromatic hydroxyl groups is 1. The molecule has 0 radical (unpaired) electrons. The number of carbonyl (C=O) groups excluding carboxylic acids is 1. The van der Waals surface area contributed by atoms with Gasteiger partial charge < -0.3 is 15.2 Å². The highest BCUT2D eigenvalue weighted by molar-refractivity contribution is 5.99. The van der Waals surface area contributed by atoms with E-state index in [0.29, 0.717) is 11.4 Å². The number of anilines is 1. The Bertz CT molecular complexity index is 385. The average molecular weight is 207 g/mol. The molecule has 0 heterocycles. The molecule has 4 nitrogen and oxygen atoms in total. The first-order valence-electron chi connectivity index (χ1n) is 4.44. The number of ether oxygens (including phenoxy) is 1. The van der Waals surface area contributed by atoms with E-state index in [2.05, 4.69) is 5.32 Å². The number of rotatable bonds is 3. The number of hydrogen-bond donors (Lipinski definition) is 2. The van der Waals surface area contributed by atoms with Crippen molar-refractivity contribution in [3.63, 3.8) is 0 Å². The number of phenols is 1. The van der Waals surface area contributed by atoms with Crippen molar-refractivity contribution in [3.05, 3.63) is 36.1 Å². The molecular formula is C11H13NO3. The maximum atomic E-state index is 11.3. The number of amides is 1. The molecule has 0 saturated heterocycles. The zero-order chi connectivity index (χ0) is 11.3. The van der Waals surface area contributed by atoms with Crippen molar-refractivity contribution < 1.29 is 14.6 Å². The van der Waals surface area contributed by atoms with E-state index in [1.165, 1.54) is 25.3 Å². The Labute approximate surface area is 88.2 Å². The normalized spacial score (nSPS) is 10.9. The van der Waals surface area contributed by atoms with Crippen LogP contribution in [0.3, 0.4) is 0 Å². The van der Waals surface area contributed by atoms with Gasteiger partial charge in [-0.25, -0.2) is 0 Å². The van der Waals surface area contributed by atoms with Gasteiger partial charge >= 0.3 is 0 Å². The van der Waals surface area contributed by atoms with Crippen molar-refractivity contribution in [1.29, 1.82) is 0 Å². The van der Waals surface area contributed by atoms with Crippen LogP contribution >= 0.6 is 0 Å². The molecule has 0 aliphatic carbocycles. The number of benzene rings is 1. The van der Waals surface area contributed by atoms with Crippen LogP contribution in [0.25, 0.3) is 0 Å². The summed E-state index contributed by atoms with van der Waals surface area (Å²) in [6.07, 6.45) is 1.34. The molecular weight excluding hydrogens is 194 g/mol. The quantitative estimate of drug-likeness (QED) is 0.587. The summed E-state index contributed by atoms with van der Waals surface area (Å²) in [6.45, 7) is 1.68. The van der Waals surface area contributed by atoms with Gasteiger partial charge in [-0.2, -0.15) is 0 Å². The highest BCUT2D eigenvalue weighted by Gasteiger charge is 2.00. The third-order valence-electron chi connectivity index (χ3n) is 1.77. The molecule has 0 fully saturated rings. The zero-order valence-electron chi connectivity index (χ0n) is 8.65. The molecule has 0 unspecified atom stereocenters. The van der Waals surface area contributed by atoms with Crippen LogP contribution in [0.4, 0.5) is 5.69 Å². The van der Waals surface area contributed by atoms with E-state index in [1.54, 1.807) is 19.1 Å². The van der Waals surface area contributed by atoms with Gasteiger partial charge in [0.2, 0.25) is 0 Å². The predicted octanol–water partition coefficient (Wildman–Crippen LogP) is 1.88. The van der Waals surface area contributed by atoms with E-state index >= 15 is 0 Å². The van der Waals surface area contributed by atoms with Gasteiger partial charge in [0.15, 0.2) is 0 Å². The minimum atomic E-state index is -0.292. The molecule has 1 aromatic carbocycles. The van der Waals surface area contributed by atoms with Crippen molar-refractivity contribution in [2.75, 3.05) is 12.4 Å². The molecule has 2 N–H and O–H groups in total. The monoisotopic (exact) mass is 207 g/mol. The van der Waals surface area contributed by atoms with Crippen molar-refractivity contribution >= 4 is 11.6 Å². The standard InChI is InChI=1S/C11H13NO3/c1-8(15-2)6-11(14)12-9-4-3-5-10(13)7-9/h3-7,13H,1-2H3,(H,12,14)/b8-6-. The van der Waals surface area contributed by atoms with Gasteiger partial charge in [0.1, 0.15) is 5.75 Å². The van der Waals surface area contributed by atoms with Crippen LogP contribution in [0.2, 0.25) is 0 Å². The maximum Gasteiger partial charge on any atom is 0.251 e. The molecule has 0 aliphatic heterocycles. The van der Waals surface area contributed by atoms with Gasteiger partial charge in [0, 0.05) is 17.8 Å². The number of methoxy groups -OCH3 is 1. The molecule has 0 atom stereocenters. The smallest absolute Gasteiger partial charge is 0.251 e. The third kappa shape index (κ3) is 3.72. The molecule has 0 aliphatic rings. The average Bonchev–Trinajstić information content (AvgIpc) is 2.17. The first-order chi connectivity index (χ1) is 7.11. The molecule has 0 aromatic heterocycles. The van der Waals surface area contributed by atoms with Gasteiger partial charge in [-0.3, -0.25) is 4.79 Å². The summed E-state index contributed by atoms with van der Waals surface area (Å²) in [4.78, 5) is 11.3. The van der Waals surface area contributed by atoms with Crippen LogP contribution < -0.4 is 5.32 Å². The van der Waals surface area contributed by atoms with Crippen molar-refractivity contribution in [2.45, 2.75) is 6.92 Å². The number of allylic oxidation sites excluding steroid dienone is 1. The van der Waals surface area contributed by atoms with E-state index in [4.69, 9.17) is 9.84 Å². The number of hydrogen-bond acceptors (Lipinski definition) is 3. The Morgan fingerprint density at radius 3 is 2.87 bits per heavy atom. The van der Waals surface area contributed by atoms with Crippen LogP contribution in [0.15, 0.2) is 36.1 Å². The fraction of sp³-hybridized carbons (Fsp3) is 0.182. The number of nitrogens with one attached hydrogen (secondary N) is 1. The van der Waals surface area contributed by atoms with E-state index < -0.39 is 0 Å². The molecule has 0 bridgehead atoms. The SMILES string of the molecule is CO/C(C)=C\C(=O)Nc1cccc(O)c1.